The summed E-state index contributed by atoms with van der Waals surface area (Å²) in [5, 5.41) is 11.8. The molecule has 86 valence electrons. The van der Waals surface area contributed by atoms with Crippen LogP contribution >= 0.6 is 0 Å². The molecular weight excluding hydrogens is 200 g/mol. The summed E-state index contributed by atoms with van der Waals surface area (Å²) in [6, 6.07) is 10.4. The molecule has 0 amide bonds. The fraction of sp³-hybridized carbons (Fsp3) is 0.462. The van der Waals surface area contributed by atoms with Crippen LogP contribution in [0, 0.1) is 11.3 Å². The van der Waals surface area contributed by atoms with Crippen molar-refractivity contribution in [2.24, 2.45) is 0 Å². The van der Waals surface area contributed by atoms with Crippen molar-refractivity contribution >= 4 is 0 Å². The van der Waals surface area contributed by atoms with Crippen molar-refractivity contribution < 1.29 is 4.74 Å². The van der Waals surface area contributed by atoms with Crippen LogP contribution < -0.4 is 10.1 Å². The number of rotatable bonds is 5. The van der Waals surface area contributed by atoms with E-state index in [0.717, 1.165) is 12.2 Å². The monoisotopic (exact) mass is 218 g/mol. The largest absolute Gasteiger partial charge is 0.476 e. The predicted molar refractivity (Wildman–Crippen MR) is 64.4 cm³/mol. The number of nitrogens with zero attached hydrogens (tertiary/aromatic N) is 1. The highest BCUT2D eigenvalue weighted by molar-refractivity contribution is 5.28. The van der Waals surface area contributed by atoms with Gasteiger partial charge in [-0.2, -0.15) is 5.26 Å². The van der Waals surface area contributed by atoms with Crippen LogP contribution in [0.3, 0.4) is 0 Å². The molecule has 2 atom stereocenters. The molecule has 0 radical (unpaired) electrons. The summed E-state index contributed by atoms with van der Waals surface area (Å²) in [5.74, 6) is 0.745. The van der Waals surface area contributed by atoms with Gasteiger partial charge in [-0.15, -0.1) is 0 Å². The zero-order valence-corrected chi connectivity index (χ0v) is 10.0. The Kier molecular flexibility index (Phi) is 4.81. The Balaban J connectivity index is 2.58. The predicted octanol–water partition coefficient (Wildman–Crippen LogP) is 2.13. The average molecular weight is 218 g/mol. The van der Waals surface area contributed by atoms with Crippen LogP contribution in [-0.2, 0) is 6.42 Å². The number of benzene rings is 1. The number of nitriles is 1. The third-order valence-corrected chi connectivity index (χ3v) is 2.45. The van der Waals surface area contributed by atoms with Gasteiger partial charge in [-0.3, -0.25) is 0 Å². The SMILES string of the molecule is CNC(C)Cc1ccc(OC(C)C#N)cc1. The fourth-order valence-corrected chi connectivity index (χ4v) is 1.39. The topological polar surface area (TPSA) is 45.0 Å². The Morgan fingerprint density at radius 1 is 1.31 bits per heavy atom. The molecule has 1 aromatic carbocycles. The van der Waals surface area contributed by atoms with Crippen molar-refractivity contribution in [2.75, 3.05) is 7.05 Å². The molecule has 0 saturated carbocycles. The highest BCUT2D eigenvalue weighted by Crippen LogP contribution is 2.14. The van der Waals surface area contributed by atoms with Crippen molar-refractivity contribution in [2.45, 2.75) is 32.4 Å². The molecule has 0 aliphatic rings. The van der Waals surface area contributed by atoms with Crippen LogP contribution in [0.25, 0.3) is 0 Å². The van der Waals surface area contributed by atoms with Crippen molar-refractivity contribution in [1.82, 2.24) is 5.32 Å². The molecule has 0 heterocycles. The lowest BCUT2D eigenvalue weighted by Crippen LogP contribution is -2.23. The molecular formula is C13H18N2O. The Bertz CT molecular complexity index is 353. The molecule has 0 bridgehead atoms. The molecule has 0 aliphatic heterocycles. The van der Waals surface area contributed by atoms with Crippen molar-refractivity contribution in [3.05, 3.63) is 29.8 Å². The van der Waals surface area contributed by atoms with Gasteiger partial charge in [0, 0.05) is 6.04 Å². The first kappa shape index (κ1) is 12.5. The number of hydrogen-bond donors (Lipinski definition) is 1. The second-order valence-corrected chi connectivity index (χ2v) is 3.93. The fourth-order valence-electron chi connectivity index (χ4n) is 1.39. The quantitative estimate of drug-likeness (QED) is 0.823. The van der Waals surface area contributed by atoms with Crippen molar-refractivity contribution in [3.63, 3.8) is 0 Å². The van der Waals surface area contributed by atoms with E-state index in [1.165, 1.54) is 5.56 Å². The summed E-state index contributed by atoms with van der Waals surface area (Å²) in [7, 11) is 1.96. The first-order valence-corrected chi connectivity index (χ1v) is 5.48. The molecule has 0 saturated heterocycles. The lowest BCUT2D eigenvalue weighted by atomic mass is 10.1. The molecule has 2 unspecified atom stereocenters. The zero-order valence-electron chi connectivity index (χ0n) is 10.0. The van der Waals surface area contributed by atoms with Gasteiger partial charge in [-0.1, -0.05) is 12.1 Å². The highest BCUT2D eigenvalue weighted by atomic mass is 16.5. The first-order chi connectivity index (χ1) is 7.65. The summed E-state index contributed by atoms with van der Waals surface area (Å²) in [6.07, 6.45) is 0.590. The second kappa shape index (κ2) is 6.14. The zero-order chi connectivity index (χ0) is 12.0. The third-order valence-electron chi connectivity index (χ3n) is 2.45. The summed E-state index contributed by atoms with van der Waals surface area (Å²) >= 11 is 0. The van der Waals surface area contributed by atoms with E-state index in [2.05, 4.69) is 12.2 Å². The first-order valence-electron chi connectivity index (χ1n) is 5.48. The van der Waals surface area contributed by atoms with E-state index >= 15 is 0 Å². The summed E-state index contributed by atoms with van der Waals surface area (Å²) < 4.78 is 5.37. The summed E-state index contributed by atoms with van der Waals surface area (Å²) in [4.78, 5) is 0. The Labute approximate surface area is 97.0 Å². The van der Waals surface area contributed by atoms with E-state index in [9.17, 15) is 0 Å². The van der Waals surface area contributed by atoms with Gasteiger partial charge in [0.1, 0.15) is 11.8 Å². The van der Waals surface area contributed by atoms with Gasteiger partial charge in [0.05, 0.1) is 0 Å². The van der Waals surface area contributed by atoms with E-state index in [4.69, 9.17) is 10.00 Å². The highest BCUT2D eigenvalue weighted by Gasteiger charge is 2.03. The van der Waals surface area contributed by atoms with Crippen LogP contribution in [0.4, 0.5) is 0 Å². The smallest absolute Gasteiger partial charge is 0.181 e. The van der Waals surface area contributed by atoms with E-state index in [1.807, 2.05) is 37.4 Å². The molecule has 0 aliphatic carbocycles. The molecule has 1 aromatic rings. The molecule has 1 rings (SSSR count). The molecule has 0 aromatic heterocycles. The molecule has 0 spiro atoms. The lowest BCUT2D eigenvalue weighted by Gasteiger charge is -2.11. The minimum Gasteiger partial charge on any atom is -0.476 e. The molecule has 3 nitrogen and oxygen atoms in total. The van der Waals surface area contributed by atoms with Gasteiger partial charge in [-0.25, -0.2) is 0 Å². The maximum atomic E-state index is 8.62. The van der Waals surface area contributed by atoms with Crippen LogP contribution in [0.1, 0.15) is 19.4 Å². The maximum absolute atomic E-state index is 8.62. The van der Waals surface area contributed by atoms with Gasteiger partial charge in [-0.05, 0) is 45.0 Å². The van der Waals surface area contributed by atoms with E-state index < -0.39 is 6.10 Å². The van der Waals surface area contributed by atoms with Crippen LogP contribution in [0.5, 0.6) is 5.75 Å². The molecule has 1 N–H and O–H groups in total. The van der Waals surface area contributed by atoms with Gasteiger partial charge in [0.25, 0.3) is 0 Å². The summed E-state index contributed by atoms with van der Waals surface area (Å²) in [6.45, 7) is 3.87. The van der Waals surface area contributed by atoms with Crippen molar-refractivity contribution in [1.29, 1.82) is 5.26 Å². The average Bonchev–Trinajstić information content (AvgIpc) is 2.31. The molecule has 16 heavy (non-hydrogen) atoms. The number of likely N-dealkylation sites (N-methyl/N-ethyl adjacent to an activating group) is 1. The van der Waals surface area contributed by atoms with E-state index in [0.29, 0.717) is 6.04 Å². The molecule has 3 heteroatoms. The minimum atomic E-state index is -0.401. The standard InChI is InChI=1S/C13H18N2O/c1-10(15-3)8-12-4-6-13(7-5-12)16-11(2)9-14/h4-7,10-11,15H,8H2,1-3H3. The van der Waals surface area contributed by atoms with E-state index in [-0.39, 0.29) is 0 Å². The van der Waals surface area contributed by atoms with Gasteiger partial charge >= 0.3 is 0 Å². The number of ether oxygens (including phenoxy) is 1. The summed E-state index contributed by atoms with van der Waals surface area (Å²) in [5.41, 5.74) is 1.26. The third kappa shape index (κ3) is 3.92. The number of nitrogens with one attached hydrogen (secondary N) is 1. The van der Waals surface area contributed by atoms with Gasteiger partial charge in [0.2, 0.25) is 0 Å². The van der Waals surface area contributed by atoms with Crippen LogP contribution in [0.15, 0.2) is 24.3 Å². The Morgan fingerprint density at radius 3 is 2.44 bits per heavy atom. The molecule has 0 fully saturated rings. The van der Waals surface area contributed by atoms with Crippen molar-refractivity contribution in [3.8, 4) is 11.8 Å². The normalized spacial score (nSPS) is 13.9. The Morgan fingerprint density at radius 2 is 1.94 bits per heavy atom. The van der Waals surface area contributed by atoms with Gasteiger partial charge in [0.15, 0.2) is 6.10 Å². The Hall–Kier alpha value is -1.53. The second-order valence-electron chi connectivity index (χ2n) is 3.93. The van der Waals surface area contributed by atoms with E-state index in [1.54, 1.807) is 6.92 Å². The maximum Gasteiger partial charge on any atom is 0.181 e. The van der Waals surface area contributed by atoms with Gasteiger partial charge < -0.3 is 10.1 Å². The van der Waals surface area contributed by atoms with Crippen LogP contribution in [-0.4, -0.2) is 19.2 Å². The van der Waals surface area contributed by atoms with Crippen LogP contribution in [0.2, 0.25) is 0 Å². The lowest BCUT2D eigenvalue weighted by molar-refractivity contribution is 0.276. The minimum absolute atomic E-state index is 0.401. The number of hydrogen-bond acceptors (Lipinski definition) is 3.